The van der Waals surface area contributed by atoms with Crippen LogP contribution in [0.15, 0.2) is 64.2 Å². The van der Waals surface area contributed by atoms with Crippen molar-refractivity contribution < 1.29 is 9.59 Å². The van der Waals surface area contributed by atoms with Crippen LogP contribution in [-0.2, 0) is 17.9 Å². The molecular weight excluding hydrogens is 434 g/mol. The van der Waals surface area contributed by atoms with Crippen LogP contribution in [0.4, 0.5) is 17.2 Å². The number of carbonyl (C=O) groups excluding carboxylic acids is 2. The van der Waals surface area contributed by atoms with Crippen molar-refractivity contribution in [3.63, 3.8) is 0 Å². The van der Waals surface area contributed by atoms with Crippen molar-refractivity contribution in [3.8, 4) is 0 Å². The Morgan fingerprint density at radius 2 is 1.74 bits per heavy atom. The minimum absolute atomic E-state index is 0.0248. The van der Waals surface area contributed by atoms with Crippen LogP contribution in [0, 0.1) is 0 Å². The van der Waals surface area contributed by atoms with E-state index in [1.807, 2.05) is 37.3 Å². The van der Waals surface area contributed by atoms with E-state index in [1.54, 1.807) is 29.2 Å². The summed E-state index contributed by atoms with van der Waals surface area (Å²) in [6, 6.07) is 15.9. The zero-order valence-corrected chi connectivity index (χ0v) is 19.3. The number of nitrogen functional groups attached to an aromatic ring is 1. The van der Waals surface area contributed by atoms with Gasteiger partial charge in [-0.25, -0.2) is 4.79 Å². The average molecular weight is 464 g/mol. The monoisotopic (exact) mass is 463 g/mol. The van der Waals surface area contributed by atoms with Crippen LogP contribution in [0.1, 0.15) is 42.6 Å². The van der Waals surface area contributed by atoms with Crippen LogP contribution in [0.5, 0.6) is 0 Å². The minimum atomic E-state index is -0.648. The summed E-state index contributed by atoms with van der Waals surface area (Å²) in [6.07, 6.45) is 1.56. The largest absolute Gasteiger partial charge is 0.383 e. The van der Waals surface area contributed by atoms with Gasteiger partial charge in [0.2, 0.25) is 5.91 Å². The van der Waals surface area contributed by atoms with Crippen LogP contribution in [0.2, 0.25) is 0 Å². The molecular formula is C25H29N5O4. The summed E-state index contributed by atoms with van der Waals surface area (Å²) in [7, 11) is 0. The van der Waals surface area contributed by atoms with E-state index in [0.29, 0.717) is 24.2 Å². The van der Waals surface area contributed by atoms with Crippen LogP contribution >= 0.6 is 0 Å². The number of rotatable bonds is 10. The van der Waals surface area contributed by atoms with Gasteiger partial charge in [0.25, 0.3) is 5.56 Å². The first-order valence-electron chi connectivity index (χ1n) is 11.1. The van der Waals surface area contributed by atoms with Gasteiger partial charge in [-0.05, 0) is 43.2 Å². The van der Waals surface area contributed by atoms with Crippen LogP contribution in [0.3, 0.4) is 0 Å². The average Bonchev–Trinajstić information content (AvgIpc) is 2.79. The Hall–Kier alpha value is -4.14. The molecule has 0 aliphatic rings. The molecule has 2 aromatic carbocycles. The van der Waals surface area contributed by atoms with Gasteiger partial charge in [0.15, 0.2) is 5.78 Å². The Balaban J connectivity index is 1.93. The highest BCUT2D eigenvalue weighted by atomic mass is 16.2. The maximum atomic E-state index is 12.9. The molecule has 0 atom stereocenters. The summed E-state index contributed by atoms with van der Waals surface area (Å²) >= 11 is 0. The fourth-order valence-corrected chi connectivity index (χ4v) is 3.60. The summed E-state index contributed by atoms with van der Waals surface area (Å²) in [5.41, 5.74) is 7.06. The quantitative estimate of drug-likeness (QED) is 0.396. The Bertz CT molecular complexity index is 1260. The first kappa shape index (κ1) is 24.5. The number of aromatic nitrogens is 2. The van der Waals surface area contributed by atoms with E-state index in [9.17, 15) is 19.2 Å². The minimum Gasteiger partial charge on any atom is -0.383 e. The van der Waals surface area contributed by atoms with E-state index in [4.69, 9.17) is 5.73 Å². The number of nitrogens with two attached hydrogens (primary N) is 1. The van der Waals surface area contributed by atoms with Gasteiger partial charge in [0.05, 0.1) is 6.54 Å². The molecule has 0 fully saturated rings. The van der Waals surface area contributed by atoms with Gasteiger partial charge in [-0.3, -0.25) is 23.9 Å². The number of unbranched alkanes of at least 4 members (excludes halogenated alkanes) is 1. The van der Waals surface area contributed by atoms with Crippen LogP contribution < -0.4 is 27.2 Å². The third-order valence-corrected chi connectivity index (χ3v) is 5.39. The Morgan fingerprint density at radius 1 is 1.06 bits per heavy atom. The molecule has 4 N–H and O–H groups in total. The lowest BCUT2D eigenvalue weighted by molar-refractivity contribution is -0.115. The number of benzene rings is 2. The summed E-state index contributed by atoms with van der Waals surface area (Å²) in [5.74, 6) is -0.423. The Kier molecular flexibility index (Phi) is 8.02. The summed E-state index contributed by atoms with van der Waals surface area (Å²) < 4.78 is 1.33. The topological polar surface area (TPSA) is 130 Å². The van der Waals surface area contributed by atoms with Crippen LogP contribution in [-0.4, -0.2) is 27.8 Å². The smallest absolute Gasteiger partial charge is 0.330 e. The van der Waals surface area contributed by atoms with Gasteiger partial charge < -0.3 is 16.0 Å². The van der Waals surface area contributed by atoms with E-state index in [1.165, 1.54) is 11.5 Å². The van der Waals surface area contributed by atoms with Gasteiger partial charge in [-0.1, -0.05) is 43.7 Å². The maximum Gasteiger partial charge on any atom is 0.330 e. The number of aromatic amines is 1. The Labute approximate surface area is 197 Å². The molecule has 3 aromatic rings. The first-order chi connectivity index (χ1) is 16.3. The van der Waals surface area contributed by atoms with Crippen molar-refractivity contribution in [2.45, 2.75) is 39.8 Å². The highest BCUT2D eigenvalue weighted by Gasteiger charge is 2.21. The molecule has 1 aromatic heterocycles. The molecule has 3 rings (SSSR count). The van der Waals surface area contributed by atoms with Crippen molar-refractivity contribution in [1.82, 2.24) is 9.55 Å². The van der Waals surface area contributed by atoms with Gasteiger partial charge in [0, 0.05) is 24.3 Å². The molecule has 0 saturated carbocycles. The predicted molar refractivity (Wildman–Crippen MR) is 133 cm³/mol. The maximum absolute atomic E-state index is 12.9. The number of ketones is 1. The van der Waals surface area contributed by atoms with E-state index in [0.717, 1.165) is 12.0 Å². The molecule has 178 valence electrons. The van der Waals surface area contributed by atoms with Crippen molar-refractivity contribution in [2.75, 3.05) is 22.5 Å². The SMILES string of the molecule is CCCCn1c(N)c(N(CC(=O)Nc2ccc(C(C)=O)cc2)Cc2ccccc2)c(=O)[nH]c1=O. The molecule has 0 unspecified atom stereocenters. The van der Waals surface area contributed by atoms with Gasteiger partial charge in [-0.2, -0.15) is 0 Å². The van der Waals surface area contributed by atoms with E-state index in [2.05, 4.69) is 10.3 Å². The van der Waals surface area contributed by atoms with Crippen LogP contribution in [0.25, 0.3) is 0 Å². The molecule has 0 saturated heterocycles. The van der Waals surface area contributed by atoms with Crippen molar-refractivity contribution in [3.05, 3.63) is 86.6 Å². The molecule has 34 heavy (non-hydrogen) atoms. The third kappa shape index (κ3) is 6.00. The molecule has 0 spiro atoms. The van der Waals surface area contributed by atoms with E-state index in [-0.39, 0.29) is 36.3 Å². The molecule has 9 nitrogen and oxygen atoms in total. The second-order valence-electron chi connectivity index (χ2n) is 8.02. The number of nitrogens with zero attached hydrogens (tertiary/aromatic N) is 2. The number of H-pyrrole nitrogens is 1. The molecule has 0 aliphatic carbocycles. The molecule has 1 amide bonds. The molecule has 1 heterocycles. The number of hydrogen-bond acceptors (Lipinski definition) is 6. The number of carbonyl (C=O) groups is 2. The first-order valence-corrected chi connectivity index (χ1v) is 11.1. The number of nitrogens with one attached hydrogen (secondary N) is 2. The van der Waals surface area contributed by atoms with Gasteiger partial charge in [-0.15, -0.1) is 0 Å². The molecule has 0 aliphatic heterocycles. The van der Waals surface area contributed by atoms with Crippen molar-refractivity contribution in [2.24, 2.45) is 0 Å². The van der Waals surface area contributed by atoms with Gasteiger partial charge >= 0.3 is 5.69 Å². The number of hydrogen-bond donors (Lipinski definition) is 3. The Morgan fingerprint density at radius 3 is 2.35 bits per heavy atom. The zero-order valence-electron chi connectivity index (χ0n) is 19.3. The third-order valence-electron chi connectivity index (χ3n) is 5.39. The highest BCUT2D eigenvalue weighted by Crippen LogP contribution is 2.20. The molecule has 0 radical (unpaired) electrons. The summed E-state index contributed by atoms with van der Waals surface area (Å²) in [4.78, 5) is 53.4. The fourth-order valence-electron chi connectivity index (χ4n) is 3.60. The van der Waals surface area contributed by atoms with E-state index >= 15 is 0 Å². The van der Waals surface area contributed by atoms with Gasteiger partial charge in [0.1, 0.15) is 11.5 Å². The second-order valence-corrected chi connectivity index (χ2v) is 8.02. The number of Topliss-reactive ketones (excluding diaryl/α,β-unsaturated/α-hetero) is 1. The predicted octanol–water partition coefficient (Wildman–Crippen LogP) is 2.77. The van der Waals surface area contributed by atoms with E-state index < -0.39 is 11.2 Å². The van der Waals surface area contributed by atoms with Crippen molar-refractivity contribution in [1.29, 1.82) is 0 Å². The second kappa shape index (κ2) is 11.1. The lowest BCUT2D eigenvalue weighted by atomic mass is 10.1. The van der Waals surface area contributed by atoms with Crippen molar-refractivity contribution >= 4 is 28.9 Å². The lowest BCUT2D eigenvalue weighted by Crippen LogP contribution is -2.41. The molecule has 9 heteroatoms. The number of anilines is 3. The lowest BCUT2D eigenvalue weighted by Gasteiger charge is -2.26. The highest BCUT2D eigenvalue weighted by molar-refractivity contribution is 5.96. The summed E-state index contributed by atoms with van der Waals surface area (Å²) in [6.45, 7) is 3.87. The fraction of sp³-hybridized carbons (Fsp3) is 0.280. The number of amides is 1. The normalized spacial score (nSPS) is 10.6. The summed E-state index contributed by atoms with van der Waals surface area (Å²) in [5, 5.41) is 2.78. The zero-order chi connectivity index (χ0) is 24.7. The standard InChI is InChI=1S/C25H29N5O4/c1-3-4-14-30-23(26)22(24(33)28-25(30)34)29(15-18-8-6-5-7-9-18)16-21(32)27-20-12-10-19(11-13-20)17(2)31/h5-13H,3-4,14-16,26H2,1-2H3,(H,27,32)(H,28,33,34). The molecule has 0 bridgehead atoms.